The van der Waals surface area contributed by atoms with Crippen LogP contribution in [0, 0.1) is 12.7 Å². The fraction of sp³-hybridized carbons (Fsp3) is 0.148. The van der Waals surface area contributed by atoms with Crippen LogP contribution in [0.1, 0.15) is 27.3 Å². The Balaban J connectivity index is 1.94. The zero-order valence-corrected chi connectivity index (χ0v) is 21.3. The highest BCUT2D eigenvalue weighted by molar-refractivity contribution is 7.78. The van der Waals surface area contributed by atoms with Crippen LogP contribution in [0.2, 0.25) is 0 Å². The van der Waals surface area contributed by atoms with Gasteiger partial charge in [0.1, 0.15) is 11.6 Å². The lowest BCUT2D eigenvalue weighted by Crippen LogP contribution is -2.13. The molecule has 0 radical (unpaired) electrons. The van der Waals surface area contributed by atoms with Crippen LogP contribution in [0.25, 0.3) is 22.4 Å². The Morgan fingerprint density at radius 3 is 2.18 bits per heavy atom. The van der Waals surface area contributed by atoms with Crippen molar-refractivity contribution in [3.63, 3.8) is 0 Å². The molecular formula is C27H20F4N2O5S. The van der Waals surface area contributed by atoms with E-state index in [2.05, 4.69) is 9.97 Å². The van der Waals surface area contributed by atoms with E-state index >= 15 is 0 Å². The first-order chi connectivity index (χ1) is 18.5. The number of methoxy groups -OCH3 is 1. The molecule has 1 heterocycles. The van der Waals surface area contributed by atoms with Gasteiger partial charge in [-0.15, -0.1) is 0 Å². The summed E-state index contributed by atoms with van der Waals surface area (Å²) in [4.78, 5) is 19.3. The largest absolute Gasteiger partial charge is 0.465 e. The molecule has 1 N–H and O–H groups in total. The lowest BCUT2D eigenvalue weighted by molar-refractivity contribution is -0.145. The zero-order chi connectivity index (χ0) is 28.3. The van der Waals surface area contributed by atoms with Gasteiger partial charge in [0.15, 0.2) is 11.1 Å². The van der Waals surface area contributed by atoms with Crippen LogP contribution in [-0.4, -0.2) is 31.8 Å². The van der Waals surface area contributed by atoms with E-state index in [0.717, 1.165) is 12.1 Å². The summed E-state index contributed by atoms with van der Waals surface area (Å²) in [6.07, 6.45) is -4.94. The molecule has 0 amide bonds. The van der Waals surface area contributed by atoms with Crippen LogP contribution in [0.4, 0.5) is 17.6 Å². The van der Waals surface area contributed by atoms with E-state index in [0.29, 0.717) is 11.1 Å². The van der Waals surface area contributed by atoms with Gasteiger partial charge in [-0.1, -0.05) is 36.4 Å². The molecular weight excluding hydrogens is 540 g/mol. The van der Waals surface area contributed by atoms with Gasteiger partial charge in [0.25, 0.3) is 0 Å². The maximum absolute atomic E-state index is 13.9. The molecule has 202 valence electrons. The van der Waals surface area contributed by atoms with E-state index in [1.807, 2.05) is 0 Å². The third-order valence-corrected chi connectivity index (χ3v) is 6.16. The highest BCUT2D eigenvalue weighted by atomic mass is 32.2. The van der Waals surface area contributed by atoms with Crippen molar-refractivity contribution in [1.82, 2.24) is 9.97 Å². The molecule has 0 saturated carbocycles. The monoisotopic (exact) mass is 560 g/mol. The van der Waals surface area contributed by atoms with Crippen molar-refractivity contribution in [2.75, 3.05) is 7.11 Å². The van der Waals surface area contributed by atoms with E-state index in [-0.39, 0.29) is 39.5 Å². The predicted octanol–water partition coefficient (Wildman–Crippen LogP) is 6.58. The summed E-state index contributed by atoms with van der Waals surface area (Å²) in [5, 5.41) is 0. The summed E-state index contributed by atoms with van der Waals surface area (Å²) in [5.41, 5.74) is 1.52. The van der Waals surface area contributed by atoms with E-state index in [4.69, 9.17) is 14.0 Å². The zero-order valence-electron chi connectivity index (χ0n) is 20.5. The molecule has 4 rings (SSSR count). The Morgan fingerprint density at radius 2 is 1.62 bits per heavy atom. The maximum Gasteiger partial charge on any atom is 0.451 e. The second kappa shape index (κ2) is 11.3. The molecule has 0 bridgehead atoms. The van der Waals surface area contributed by atoms with Crippen LogP contribution in [0.5, 0.6) is 11.6 Å². The van der Waals surface area contributed by atoms with E-state index in [9.17, 15) is 26.6 Å². The van der Waals surface area contributed by atoms with Crippen LogP contribution in [-0.2, 0) is 27.7 Å². The minimum atomic E-state index is -4.94. The minimum absolute atomic E-state index is 0.0536. The van der Waals surface area contributed by atoms with E-state index < -0.39 is 40.7 Å². The first-order valence-electron chi connectivity index (χ1n) is 11.2. The van der Waals surface area contributed by atoms with E-state index in [1.165, 1.54) is 61.7 Å². The number of nitrogens with zero attached hydrogens (tertiary/aromatic N) is 2. The third kappa shape index (κ3) is 6.47. The number of carbonyl (C=O) groups excluding carboxylic acids is 1. The molecule has 1 unspecified atom stereocenters. The Kier molecular flexibility index (Phi) is 8.07. The molecule has 0 saturated heterocycles. The van der Waals surface area contributed by atoms with Gasteiger partial charge in [0, 0.05) is 5.56 Å². The summed E-state index contributed by atoms with van der Waals surface area (Å²) in [7, 11) is 1.22. The number of hydrogen-bond acceptors (Lipinski definition) is 6. The number of halogens is 4. The summed E-state index contributed by atoms with van der Waals surface area (Å²) in [5.74, 6) is -3.14. The van der Waals surface area contributed by atoms with Crippen molar-refractivity contribution in [2.24, 2.45) is 0 Å². The second-order valence-corrected chi connectivity index (χ2v) is 9.25. The molecule has 7 nitrogen and oxygen atoms in total. The Hall–Kier alpha value is -4.16. The van der Waals surface area contributed by atoms with Crippen LogP contribution in [0.15, 0.2) is 66.7 Å². The molecule has 39 heavy (non-hydrogen) atoms. The molecule has 12 heteroatoms. The number of carbonyl (C=O) groups is 1. The average molecular weight is 561 g/mol. The van der Waals surface area contributed by atoms with Gasteiger partial charge in [0.2, 0.25) is 11.7 Å². The van der Waals surface area contributed by atoms with Gasteiger partial charge in [0.05, 0.1) is 29.7 Å². The Morgan fingerprint density at radius 1 is 0.974 bits per heavy atom. The number of ether oxygens (including phenoxy) is 2. The Bertz CT molecular complexity index is 1540. The van der Waals surface area contributed by atoms with E-state index in [1.54, 1.807) is 6.92 Å². The molecule has 0 aliphatic carbocycles. The Labute approximate surface area is 222 Å². The van der Waals surface area contributed by atoms with Crippen molar-refractivity contribution in [3.05, 3.63) is 95.1 Å². The van der Waals surface area contributed by atoms with Gasteiger partial charge in [-0.25, -0.2) is 18.4 Å². The number of aromatic nitrogens is 2. The maximum atomic E-state index is 13.9. The highest BCUT2D eigenvalue weighted by Crippen LogP contribution is 2.42. The first-order valence-corrected chi connectivity index (χ1v) is 12.5. The standard InChI is InChI=1S/C27H20F4N2O5S/c1-15-13-19(25(34)37-2)9-12-21(15)38-24-22(17-7-10-20(28)11-8-17)23(32-26(33-24)27(29,30)31)18-5-3-16(4-6-18)14-39(35)36/h3-13H,14H2,1-2H3,(H,35,36). The third-order valence-electron chi connectivity index (χ3n) is 5.58. The van der Waals surface area contributed by atoms with Crippen molar-refractivity contribution in [3.8, 4) is 34.0 Å². The number of aryl methyl sites for hydroxylation is 1. The first kappa shape index (κ1) is 27.9. The van der Waals surface area contributed by atoms with Crippen molar-refractivity contribution in [1.29, 1.82) is 0 Å². The van der Waals surface area contributed by atoms with Crippen molar-refractivity contribution in [2.45, 2.75) is 18.9 Å². The highest BCUT2D eigenvalue weighted by Gasteiger charge is 2.37. The fourth-order valence-electron chi connectivity index (χ4n) is 3.74. The van der Waals surface area contributed by atoms with Gasteiger partial charge < -0.3 is 14.0 Å². The van der Waals surface area contributed by atoms with Crippen molar-refractivity contribution < 1.29 is 40.6 Å². The van der Waals surface area contributed by atoms with Crippen LogP contribution < -0.4 is 4.74 Å². The van der Waals surface area contributed by atoms with Crippen molar-refractivity contribution >= 4 is 17.0 Å². The SMILES string of the molecule is COC(=O)c1ccc(Oc2nc(C(F)(F)F)nc(-c3ccc(CS(=O)O)cc3)c2-c2ccc(F)cc2)c(C)c1. The second-order valence-electron chi connectivity index (χ2n) is 8.32. The molecule has 0 fully saturated rings. The summed E-state index contributed by atoms with van der Waals surface area (Å²) >= 11 is -2.11. The lowest BCUT2D eigenvalue weighted by atomic mass is 9.99. The predicted molar refractivity (Wildman–Crippen MR) is 135 cm³/mol. The quantitative estimate of drug-likeness (QED) is 0.155. The topological polar surface area (TPSA) is 98.6 Å². The van der Waals surface area contributed by atoms with Crippen LogP contribution >= 0.6 is 0 Å². The smallest absolute Gasteiger partial charge is 0.451 e. The summed E-state index contributed by atoms with van der Waals surface area (Å²) in [6, 6.07) is 15.1. The number of hydrogen-bond donors (Lipinski definition) is 1. The minimum Gasteiger partial charge on any atom is -0.465 e. The summed E-state index contributed by atoms with van der Waals surface area (Å²) in [6.45, 7) is 1.59. The average Bonchev–Trinajstić information content (AvgIpc) is 2.89. The fourth-order valence-corrected chi connectivity index (χ4v) is 4.22. The molecule has 0 aliphatic heterocycles. The molecule has 4 aromatic rings. The van der Waals surface area contributed by atoms with Gasteiger partial charge in [-0.2, -0.15) is 18.2 Å². The lowest BCUT2D eigenvalue weighted by Gasteiger charge is -2.18. The normalized spacial score (nSPS) is 12.2. The van der Waals surface area contributed by atoms with Crippen LogP contribution in [0.3, 0.4) is 0 Å². The van der Waals surface area contributed by atoms with Gasteiger partial charge in [-0.05, 0) is 53.9 Å². The van der Waals surface area contributed by atoms with Gasteiger partial charge >= 0.3 is 12.1 Å². The number of alkyl halides is 3. The van der Waals surface area contributed by atoms with Gasteiger partial charge in [-0.3, -0.25) is 0 Å². The molecule has 3 aromatic carbocycles. The molecule has 0 spiro atoms. The molecule has 0 aliphatic rings. The number of rotatable bonds is 7. The molecule has 1 aromatic heterocycles. The molecule has 1 atom stereocenters. The summed E-state index contributed by atoms with van der Waals surface area (Å²) < 4.78 is 86.4. The number of benzene rings is 3. The number of esters is 1.